The van der Waals surface area contributed by atoms with Crippen LogP contribution in [0.25, 0.3) is 0 Å². The number of hydrogen-bond donors (Lipinski definition) is 3. The first-order valence-electron chi connectivity index (χ1n) is 5.65. The Bertz CT molecular complexity index is 677. The zero-order valence-electron chi connectivity index (χ0n) is 10.6. The van der Waals surface area contributed by atoms with Gasteiger partial charge in [-0.2, -0.15) is 0 Å². The van der Waals surface area contributed by atoms with Gasteiger partial charge in [-0.15, -0.1) is 0 Å². The highest BCUT2D eigenvalue weighted by Gasteiger charge is 2.24. The molecule has 116 valence electrons. The number of amides is 1. The van der Waals surface area contributed by atoms with E-state index < -0.39 is 38.2 Å². The number of carboxylic acid groups (broad SMARTS) is 1. The Hall–Kier alpha value is -1.71. The molecule has 21 heavy (non-hydrogen) atoms. The molecule has 1 rings (SSSR count). The predicted molar refractivity (Wildman–Crippen MR) is 72.0 cm³/mol. The molecule has 4 N–H and O–H groups in total. The highest BCUT2D eigenvalue weighted by atomic mass is 35.5. The van der Waals surface area contributed by atoms with Gasteiger partial charge in [0.05, 0.1) is 5.56 Å². The van der Waals surface area contributed by atoms with Crippen molar-refractivity contribution in [1.82, 2.24) is 4.72 Å². The molecular weight excluding hydrogens is 327 g/mol. The normalized spacial score (nSPS) is 11.3. The second-order valence-corrected chi connectivity index (χ2v) is 6.21. The standard InChI is InChI=1S/C11H12ClFN2O5S/c12-6-4-7(11(17)18)10(13)8(5-6)21(19,20)15-3-1-2-9(14)16/h4-5,15H,1-3H2,(H2,14,16)(H,17,18). The molecule has 1 aromatic rings. The van der Waals surface area contributed by atoms with E-state index in [1.54, 1.807) is 0 Å². The third kappa shape index (κ3) is 4.66. The number of benzene rings is 1. The number of sulfonamides is 1. The van der Waals surface area contributed by atoms with Gasteiger partial charge >= 0.3 is 5.97 Å². The van der Waals surface area contributed by atoms with Gasteiger partial charge in [0.2, 0.25) is 15.9 Å². The lowest BCUT2D eigenvalue weighted by atomic mass is 10.2. The van der Waals surface area contributed by atoms with E-state index in [0.29, 0.717) is 0 Å². The van der Waals surface area contributed by atoms with Gasteiger partial charge in [0, 0.05) is 18.0 Å². The van der Waals surface area contributed by atoms with Crippen LogP contribution in [0.4, 0.5) is 4.39 Å². The van der Waals surface area contributed by atoms with Crippen LogP contribution in [-0.2, 0) is 14.8 Å². The zero-order valence-corrected chi connectivity index (χ0v) is 12.2. The summed E-state index contributed by atoms with van der Waals surface area (Å²) < 4.78 is 39.8. The van der Waals surface area contributed by atoms with E-state index in [1.807, 2.05) is 4.72 Å². The summed E-state index contributed by atoms with van der Waals surface area (Å²) in [6.45, 7) is -0.153. The molecule has 10 heteroatoms. The molecule has 0 aliphatic heterocycles. The number of nitrogens with one attached hydrogen (secondary N) is 1. The summed E-state index contributed by atoms with van der Waals surface area (Å²) in [6, 6.07) is 1.62. The highest BCUT2D eigenvalue weighted by Crippen LogP contribution is 2.23. The Morgan fingerprint density at radius 2 is 2.00 bits per heavy atom. The molecule has 1 aromatic carbocycles. The van der Waals surface area contributed by atoms with Gasteiger partial charge in [-0.3, -0.25) is 4.79 Å². The van der Waals surface area contributed by atoms with Crippen LogP contribution in [0, 0.1) is 5.82 Å². The van der Waals surface area contributed by atoms with Crippen LogP contribution in [0.15, 0.2) is 17.0 Å². The van der Waals surface area contributed by atoms with Gasteiger partial charge in [-0.05, 0) is 18.6 Å². The largest absolute Gasteiger partial charge is 0.478 e. The molecule has 0 aliphatic rings. The topological polar surface area (TPSA) is 127 Å². The summed E-state index contributed by atoms with van der Waals surface area (Å²) in [5, 5.41) is 8.56. The minimum Gasteiger partial charge on any atom is -0.478 e. The van der Waals surface area contributed by atoms with Crippen LogP contribution >= 0.6 is 11.6 Å². The fraction of sp³-hybridized carbons (Fsp3) is 0.273. The Labute approximate surface area is 124 Å². The van der Waals surface area contributed by atoms with Crippen LogP contribution < -0.4 is 10.5 Å². The second-order valence-electron chi connectivity index (χ2n) is 4.04. The number of aromatic carboxylic acids is 1. The molecule has 0 radical (unpaired) electrons. The number of carbonyl (C=O) groups is 2. The fourth-order valence-corrected chi connectivity index (χ4v) is 2.94. The maximum absolute atomic E-state index is 13.9. The molecule has 0 heterocycles. The fourth-order valence-electron chi connectivity index (χ4n) is 1.46. The van der Waals surface area contributed by atoms with Gasteiger partial charge in [0.15, 0.2) is 5.82 Å². The van der Waals surface area contributed by atoms with Crippen LogP contribution in [0.3, 0.4) is 0 Å². The summed E-state index contributed by atoms with van der Waals surface area (Å²) >= 11 is 5.59. The first-order chi connectivity index (χ1) is 9.65. The highest BCUT2D eigenvalue weighted by molar-refractivity contribution is 7.89. The summed E-state index contributed by atoms with van der Waals surface area (Å²) in [7, 11) is -4.29. The molecule has 0 aliphatic carbocycles. The van der Waals surface area contributed by atoms with Crippen molar-refractivity contribution in [1.29, 1.82) is 0 Å². The third-order valence-electron chi connectivity index (χ3n) is 2.42. The lowest BCUT2D eigenvalue weighted by Crippen LogP contribution is -2.27. The number of carboxylic acids is 1. The summed E-state index contributed by atoms with van der Waals surface area (Å²) in [4.78, 5) is 20.5. The Kier molecular flexibility index (Phi) is 5.64. The van der Waals surface area contributed by atoms with E-state index in [1.165, 1.54) is 0 Å². The number of primary amides is 1. The molecule has 7 nitrogen and oxygen atoms in total. The summed E-state index contributed by atoms with van der Waals surface area (Å²) in [5.41, 5.74) is 4.04. The smallest absolute Gasteiger partial charge is 0.338 e. The van der Waals surface area contributed by atoms with Crippen molar-refractivity contribution in [3.05, 3.63) is 28.5 Å². The molecule has 0 spiro atoms. The molecule has 0 bridgehead atoms. The summed E-state index contributed by atoms with van der Waals surface area (Å²) in [5.74, 6) is -3.65. The van der Waals surface area contributed by atoms with Crippen molar-refractivity contribution in [2.45, 2.75) is 17.7 Å². The van der Waals surface area contributed by atoms with Crippen molar-refractivity contribution in [3.8, 4) is 0 Å². The molecular formula is C11H12ClFN2O5S. The Morgan fingerprint density at radius 1 is 1.38 bits per heavy atom. The summed E-state index contributed by atoms with van der Waals surface area (Å²) in [6.07, 6.45) is 0.0868. The minimum absolute atomic E-state index is 0.0408. The van der Waals surface area contributed by atoms with Crippen molar-refractivity contribution in [2.24, 2.45) is 5.73 Å². The average Bonchev–Trinajstić information content (AvgIpc) is 2.36. The molecule has 0 fully saturated rings. The average molecular weight is 339 g/mol. The maximum Gasteiger partial charge on any atom is 0.338 e. The van der Waals surface area contributed by atoms with Crippen molar-refractivity contribution in [2.75, 3.05) is 6.54 Å². The quantitative estimate of drug-likeness (QED) is 0.631. The first-order valence-corrected chi connectivity index (χ1v) is 7.51. The Balaban J connectivity index is 3.03. The SMILES string of the molecule is NC(=O)CCCNS(=O)(=O)c1cc(Cl)cc(C(=O)O)c1F. The first kappa shape index (κ1) is 17.3. The van der Waals surface area contributed by atoms with Gasteiger partial charge in [-0.1, -0.05) is 11.6 Å². The Morgan fingerprint density at radius 3 is 2.52 bits per heavy atom. The minimum atomic E-state index is -4.29. The van der Waals surface area contributed by atoms with Gasteiger partial charge < -0.3 is 10.8 Å². The second kappa shape index (κ2) is 6.83. The van der Waals surface area contributed by atoms with Crippen LogP contribution in [0.2, 0.25) is 5.02 Å². The number of carbonyl (C=O) groups excluding carboxylic acids is 1. The van der Waals surface area contributed by atoms with Gasteiger partial charge in [-0.25, -0.2) is 22.3 Å². The molecule has 0 saturated carbocycles. The van der Waals surface area contributed by atoms with Crippen LogP contribution in [-0.4, -0.2) is 31.9 Å². The van der Waals surface area contributed by atoms with Gasteiger partial charge in [0.25, 0.3) is 0 Å². The van der Waals surface area contributed by atoms with Crippen LogP contribution in [0.5, 0.6) is 0 Å². The predicted octanol–water partition coefficient (Wildman–Crippen LogP) is 0.721. The van der Waals surface area contributed by atoms with E-state index >= 15 is 0 Å². The monoisotopic (exact) mass is 338 g/mol. The van der Waals surface area contributed by atoms with Crippen LogP contribution in [0.1, 0.15) is 23.2 Å². The molecule has 0 saturated heterocycles. The van der Waals surface area contributed by atoms with E-state index in [4.69, 9.17) is 22.4 Å². The van der Waals surface area contributed by atoms with Crippen molar-refractivity contribution >= 4 is 33.5 Å². The van der Waals surface area contributed by atoms with E-state index in [0.717, 1.165) is 12.1 Å². The van der Waals surface area contributed by atoms with Crippen molar-refractivity contribution in [3.63, 3.8) is 0 Å². The molecule has 1 amide bonds. The molecule has 0 atom stereocenters. The molecule has 0 unspecified atom stereocenters. The number of rotatable bonds is 7. The number of nitrogens with two attached hydrogens (primary N) is 1. The zero-order chi connectivity index (χ0) is 16.2. The molecule has 0 aromatic heterocycles. The van der Waals surface area contributed by atoms with E-state index in [-0.39, 0.29) is 24.4 Å². The maximum atomic E-state index is 13.9. The lowest BCUT2D eigenvalue weighted by Gasteiger charge is -2.09. The van der Waals surface area contributed by atoms with Gasteiger partial charge in [0.1, 0.15) is 4.90 Å². The van der Waals surface area contributed by atoms with Crippen molar-refractivity contribution < 1.29 is 27.5 Å². The third-order valence-corrected chi connectivity index (χ3v) is 4.09. The van der Waals surface area contributed by atoms with E-state index in [2.05, 4.69) is 0 Å². The lowest BCUT2D eigenvalue weighted by molar-refractivity contribution is -0.118. The number of hydrogen-bond acceptors (Lipinski definition) is 4. The van der Waals surface area contributed by atoms with E-state index in [9.17, 15) is 22.4 Å². The number of halogens is 2.